The molecule has 1 aliphatic carbocycles. The maximum atomic E-state index is 6.14. The maximum Gasteiger partial charge on any atom is 0.193 e. The normalized spacial score (nSPS) is 14.5. The van der Waals surface area contributed by atoms with Crippen molar-refractivity contribution < 1.29 is 18.9 Å². The number of aliphatic imine (C=N–C) groups is 1. The van der Waals surface area contributed by atoms with Crippen molar-refractivity contribution in [2.45, 2.75) is 38.3 Å². The predicted molar refractivity (Wildman–Crippen MR) is 114 cm³/mol. The highest BCUT2D eigenvalue weighted by atomic mass is 16.5. The topological polar surface area (TPSA) is 87.3 Å². The summed E-state index contributed by atoms with van der Waals surface area (Å²) in [4.78, 5) is 4.43. The van der Waals surface area contributed by atoms with Gasteiger partial charge in [0, 0.05) is 11.8 Å². The number of nitrogens with two attached hydrogens (primary N) is 1. The summed E-state index contributed by atoms with van der Waals surface area (Å²) in [6, 6.07) is 11.3. The Morgan fingerprint density at radius 3 is 2.28 bits per heavy atom. The molecule has 2 aromatic rings. The Kier molecular flexibility index (Phi) is 7.05. The van der Waals surface area contributed by atoms with Gasteiger partial charge in [-0.1, -0.05) is 6.07 Å². The molecule has 0 spiro atoms. The fourth-order valence-corrected chi connectivity index (χ4v) is 3.38. The fraction of sp³-hybridized carbons (Fsp3) is 0.409. The molecule has 1 fully saturated rings. The number of nitrogens with zero attached hydrogens (tertiary/aromatic N) is 1. The van der Waals surface area contributed by atoms with E-state index in [9.17, 15) is 0 Å². The van der Waals surface area contributed by atoms with Crippen molar-refractivity contribution in [1.29, 1.82) is 0 Å². The molecule has 29 heavy (non-hydrogen) atoms. The van der Waals surface area contributed by atoms with Gasteiger partial charge in [-0.15, -0.1) is 0 Å². The van der Waals surface area contributed by atoms with E-state index >= 15 is 0 Å². The number of guanidine groups is 1. The van der Waals surface area contributed by atoms with Crippen LogP contribution in [-0.4, -0.2) is 33.4 Å². The third kappa shape index (κ3) is 5.47. The van der Waals surface area contributed by atoms with Crippen LogP contribution >= 0.6 is 0 Å². The zero-order valence-electron chi connectivity index (χ0n) is 17.2. The van der Waals surface area contributed by atoms with Gasteiger partial charge in [0.2, 0.25) is 0 Å². The molecule has 0 saturated heterocycles. The molecule has 2 aromatic carbocycles. The van der Waals surface area contributed by atoms with E-state index in [0.29, 0.717) is 24.0 Å². The van der Waals surface area contributed by atoms with Crippen LogP contribution in [0, 0.1) is 0 Å². The molecular formula is C22H29N3O4. The summed E-state index contributed by atoms with van der Waals surface area (Å²) in [5, 5.41) is 3.07. The first-order chi connectivity index (χ1) is 14.1. The zero-order valence-corrected chi connectivity index (χ0v) is 17.2. The minimum absolute atomic E-state index is 0.263. The van der Waals surface area contributed by atoms with Crippen LogP contribution < -0.4 is 30.0 Å². The first-order valence-corrected chi connectivity index (χ1v) is 9.75. The van der Waals surface area contributed by atoms with Crippen LogP contribution in [-0.2, 0) is 6.54 Å². The van der Waals surface area contributed by atoms with Crippen LogP contribution in [0.5, 0.6) is 23.0 Å². The summed E-state index contributed by atoms with van der Waals surface area (Å²) in [6.07, 6.45) is 4.88. The number of methoxy groups -OCH3 is 3. The Morgan fingerprint density at radius 2 is 1.59 bits per heavy atom. The lowest BCUT2D eigenvalue weighted by Crippen LogP contribution is -2.22. The molecule has 0 aromatic heterocycles. The van der Waals surface area contributed by atoms with E-state index in [-0.39, 0.29) is 6.10 Å². The number of hydrogen-bond donors (Lipinski definition) is 2. The molecule has 156 valence electrons. The molecule has 3 N–H and O–H groups in total. The zero-order chi connectivity index (χ0) is 20.6. The van der Waals surface area contributed by atoms with Gasteiger partial charge >= 0.3 is 0 Å². The molecular weight excluding hydrogens is 370 g/mol. The Bertz CT molecular complexity index is 848. The second kappa shape index (κ2) is 9.91. The smallest absolute Gasteiger partial charge is 0.193 e. The van der Waals surface area contributed by atoms with Gasteiger partial charge in [-0.25, -0.2) is 4.99 Å². The lowest BCUT2D eigenvalue weighted by atomic mass is 10.2. The van der Waals surface area contributed by atoms with Crippen molar-refractivity contribution in [1.82, 2.24) is 0 Å². The first kappa shape index (κ1) is 20.6. The van der Waals surface area contributed by atoms with E-state index in [1.54, 1.807) is 21.3 Å². The van der Waals surface area contributed by atoms with Gasteiger partial charge in [-0.05, 0) is 55.5 Å². The van der Waals surface area contributed by atoms with E-state index in [1.165, 1.54) is 12.8 Å². The Morgan fingerprint density at radius 1 is 0.931 bits per heavy atom. The number of anilines is 1. The van der Waals surface area contributed by atoms with E-state index in [1.807, 2.05) is 36.4 Å². The van der Waals surface area contributed by atoms with Crippen LogP contribution in [0.4, 0.5) is 5.69 Å². The second-order valence-electron chi connectivity index (χ2n) is 6.91. The molecule has 0 atom stereocenters. The van der Waals surface area contributed by atoms with E-state index in [2.05, 4.69) is 10.3 Å². The van der Waals surface area contributed by atoms with Crippen molar-refractivity contribution in [3.8, 4) is 23.0 Å². The van der Waals surface area contributed by atoms with Crippen LogP contribution in [0.1, 0.15) is 31.2 Å². The number of ether oxygens (including phenoxy) is 4. The summed E-state index contributed by atoms with van der Waals surface area (Å²) in [5.41, 5.74) is 7.82. The van der Waals surface area contributed by atoms with E-state index in [0.717, 1.165) is 35.6 Å². The highest BCUT2D eigenvalue weighted by Gasteiger charge is 2.18. The highest BCUT2D eigenvalue weighted by Crippen LogP contribution is 2.33. The van der Waals surface area contributed by atoms with Gasteiger partial charge in [-0.3, -0.25) is 0 Å². The van der Waals surface area contributed by atoms with Gasteiger partial charge in [0.1, 0.15) is 0 Å². The summed E-state index contributed by atoms with van der Waals surface area (Å²) in [7, 11) is 4.84. The van der Waals surface area contributed by atoms with Crippen molar-refractivity contribution in [3.63, 3.8) is 0 Å². The van der Waals surface area contributed by atoms with Crippen LogP contribution in [0.15, 0.2) is 41.4 Å². The quantitative estimate of drug-likeness (QED) is 0.516. The molecule has 1 aliphatic rings. The lowest BCUT2D eigenvalue weighted by molar-refractivity contribution is 0.200. The molecule has 7 nitrogen and oxygen atoms in total. The number of nitrogens with one attached hydrogen (secondary N) is 1. The predicted octanol–water partition coefficient (Wildman–Crippen LogP) is 3.96. The average Bonchev–Trinajstić information content (AvgIpc) is 3.25. The second-order valence-corrected chi connectivity index (χ2v) is 6.91. The lowest BCUT2D eigenvalue weighted by Gasteiger charge is -2.16. The number of hydrogen-bond acceptors (Lipinski definition) is 5. The first-order valence-electron chi connectivity index (χ1n) is 9.75. The van der Waals surface area contributed by atoms with Crippen molar-refractivity contribution in [3.05, 3.63) is 42.0 Å². The Balaban J connectivity index is 1.66. The van der Waals surface area contributed by atoms with E-state index in [4.69, 9.17) is 24.7 Å². The fourth-order valence-electron chi connectivity index (χ4n) is 3.38. The van der Waals surface area contributed by atoms with Crippen LogP contribution in [0.3, 0.4) is 0 Å². The SMILES string of the molecule is COc1ccc(NC(N)=NCc2ccc(OC)c(OC3CCCC3)c2)cc1OC. The average molecular weight is 399 g/mol. The molecule has 0 bridgehead atoms. The van der Waals surface area contributed by atoms with Gasteiger partial charge in [0.05, 0.1) is 34.0 Å². The Hall–Kier alpha value is -3.09. The highest BCUT2D eigenvalue weighted by molar-refractivity contribution is 5.92. The third-order valence-corrected chi connectivity index (χ3v) is 4.91. The molecule has 0 aliphatic heterocycles. The van der Waals surface area contributed by atoms with Crippen LogP contribution in [0.2, 0.25) is 0 Å². The molecule has 0 unspecified atom stereocenters. The maximum absolute atomic E-state index is 6.14. The summed E-state index contributed by atoms with van der Waals surface area (Å²) >= 11 is 0. The Labute approximate surface area is 171 Å². The van der Waals surface area contributed by atoms with Gasteiger partial charge < -0.3 is 30.0 Å². The number of rotatable bonds is 8. The summed E-state index contributed by atoms with van der Waals surface area (Å²) in [6.45, 7) is 0.428. The minimum Gasteiger partial charge on any atom is -0.493 e. The molecule has 7 heteroatoms. The molecule has 0 radical (unpaired) electrons. The molecule has 0 amide bonds. The summed E-state index contributed by atoms with van der Waals surface area (Å²) < 4.78 is 22.1. The van der Waals surface area contributed by atoms with E-state index < -0.39 is 0 Å². The van der Waals surface area contributed by atoms with Crippen molar-refractivity contribution in [2.24, 2.45) is 10.7 Å². The van der Waals surface area contributed by atoms with Gasteiger partial charge in [0.25, 0.3) is 0 Å². The standard InChI is InChI=1S/C22H29N3O4/c1-26-18-11-9-16(13-20(18)28-3)25-22(23)24-14-15-8-10-19(27-2)21(12-15)29-17-6-4-5-7-17/h8-13,17H,4-7,14H2,1-3H3,(H3,23,24,25). The van der Waals surface area contributed by atoms with Gasteiger partial charge in [-0.2, -0.15) is 0 Å². The van der Waals surface area contributed by atoms with Crippen LogP contribution in [0.25, 0.3) is 0 Å². The molecule has 3 rings (SSSR count). The van der Waals surface area contributed by atoms with Gasteiger partial charge in [0.15, 0.2) is 29.0 Å². The largest absolute Gasteiger partial charge is 0.493 e. The monoisotopic (exact) mass is 399 g/mol. The number of benzene rings is 2. The van der Waals surface area contributed by atoms with Crippen molar-refractivity contribution in [2.75, 3.05) is 26.6 Å². The summed E-state index contributed by atoms with van der Waals surface area (Å²) in [5.74, 6) is 3.08. The van der Waals surface area contributed by atoms with Crippen molar-refractivity contribution >= 4 is 11.6 Å². The molecule has 1 saturated carbocycles. The third-order valence-electron chi connectivity index (χ3n) is 4.91. The minimum atomic E-state index is 0.263. The molecule has 0 heterocycles.